The highest BCUT2D eigenvalue weighted by Crippen LogP contribution is 2.52. The quantitative estimate of drug-likeness (QED) is 0.444. The fourth-order valence-electron chi connectivity index (χ4n) is 5.12. The van der Waals surface area contributed by atoms with Gasteiger partial charge in [0, 0.05) is 23.0 Å². The molecule has 2 aliphatic heterocycles. The van der Waals surface area contributed by atoms with Crippen molar-refractivity contribution in [1.82, 2.24) is 9.88 Å². The zero-order chi connectivity index (χ0) is 20.3. The van der Waals surface area contributed by atoms with Crippen LogP contribution in [0, 0.1) is 0 Å². The number of hydrogen-bond acceptors (Lipinski definition) is 3. The Labute approximate surface area is 176 Å². The van der Waals surface area contributed by atoms with E-state index in [1.54, 1.807) is 6.07 Å². The van der Waals surface area contributed by atoms with Crippen LogP contribution in [-0.4, -0.2) is 29.0 Å². The van der Waals surface area contributed by atoms with Crippen LogP contribution < -0.4 is 0 Å². The van der Waals surface area contributed by atoms with E-state index < -0.39 is 11.7 Å². The number of piperidine rings is 1. The maximum atomic E-state index is 13.1. The van der Waals surface area contributed by atoms with Crippen LogP contribution in [0.25, 0.3) is 10.2 Å². The number of alkyl halides is 3. The number of aromatic nitrogens is 1. The Hall–Kier alpha value is -1.63. The fraction of sp³-hybridized carbons (Fsp3) is 0.409. The maximum Gasteiger partial charge on any atom is 0.416 e. The molecule has 2 aliphatic rings. The third-order valence-electron chi connectivity index (χ3n) is 6.58. The molecule has 2 aromatic carbocycles. The van der Waals surface area contributed by atoms with Gasteiger partial charge in [0.2, 0.25) is 0 Å². The van der Waals surface area contributed by atoms with Gasteiger partial charge in [-0.15, -0.1) is 11.3 Å². The summed E-state index contributed by atoms with van der Waals surface area (Å²) in [6.07, 6.45) is -1.07. The Morgan fingerprint density at radius 1 is 1.10 bits per heavy atom. The van der Waals surface area contributed by atoms with Gasteiger partial charge in [-0.3, -0.25) is 4.90 Å². The molecule has 0 amide bonds. The number of benzene rings is 2. The van der Waals surface area contributed by atoms with Gasteiger partial charge in [-0.2, -0.15) is 13.2 Å². The SMILES string of the molecule is CN1C2CC[C@@H]1CC(c1ccc(Cl)cc1)[C@@H]2c1nc2cc(C(F)(F)F)ccc2s1. The molecule has 152 valence electrons. The molecule has 0 spiro atoms. The summed E-state index contributed by atoms with van der Waals surface area (Å²) in [4.78, 5) is 7.17. The first kappa shape index (κ1) is 19.3. The third kappa shape index (κ3) is 3.35. The number of nitrogens with zero attached hydrogens (tertiary/aromatic N) is 2. The fourth-order valence-corrected chi connectivity index (χ4v) is 6.42. The standard InChI is InChI=1S/C22H20ClF3N2S/c1-28-15-7-8-18(28)20(16(11-15)12-2-5-14(23)6-3-12)21-27-17-10-13(22(24,25)26)4-9-19(17)29-21/h2-6,9-10,15-16,18,20H,7-8,11H2,1H3/t15-,16?,18?,20+/m1/s1. The Morgan fingerprint density at radius 2 is 1.86 bits per heavy atom. The average Bonchev–Trinajstić information content (AvgIpc) is 3.19. The van der Waals surface area contributed by atoms with Crippen molar-refractivity contribution < 1.29 is 13.2 Å². The zero-order valence-corrected chi connectivity index (χ0v) is 17.4. The van der Waals surface area contributed by atoms with Gasteiger partial charge >= 0.3 is 6.18 Å². The second kappa shape index (κ2) is 6.96. The molecule has 2 nitrogen and oxygen atoms in total. The molecular formula is C22H20ClF3N2S. The molecule has 5 rings (SSSR count). The van der Waals surface area contributed by atoms with Crippen LogP contribution in [-0.2, 0) is 6.18 Å². The van der Waals surface area contributed by atoms with E-state index in [-0.39, 0.29) is 5.92 Å². The molecule has 7 heteroatoms. The normalized spacial score (nSPS) is 27.6. The molecule has 29 heavy (non-hydrogen) atoms. The van der Waals surface area contributed by atoms with E-state index in [2.05, 4.69) is 24.1 Å². The van der Waals surface area contributed by atoms with Gasteiger partial charge in [0.1, 0.15) is 0 Å². The van der Waals surface area contributed by atoms with Gasteiger partial charge < -0.3 is 0 Å². The number of hydrogen-bond donors (Lipinski definition) is 0. The van der Waals surface area contributed by atoms with Crippen LogP contribution in [0.4, 0.5) is 13.2 Å². The second-order valence-electron chi connectivity index (χ2n) is 8.12. The second-order valence-corrected chi connectivity index (χ2v) is 9.61. The van der Waals surface area contributed by atoms with Gasteiger partial charge in [0.15, 0.2) is 0 Å². The topological polar surface area (TPSA) is 16.1 Å². The molecule has 2 saturated heterocycles. The van der Waals surface area contributed by atoms with E-state index in [0.29, 0.717) is 28.5 Å². The van der Waals surface area contributed by atoms with Crippen LogP contribution in [0.2, 0.25) is 5.02 Å². The largest absolute Gasteiger partial charge is 0.416 e. The summed E-state index contributed by atoms with van der Waals surface area (Å²) in [6, 6.07) is 12.8. The van der Waals surface area contributed by atoms with Crippen molar-refractivity contribution in [3.63, 3.8) is 0 Å². The molecular weight excluding hydrogens is 417 g/mol. The van der Waals surface area contributed by atoms with Crippen molar-refractivity contribution >= 4 is 33.2 Å². The third-order valence-corrected chi connectivity index (χ3v) is 7.97. The minimum atomic E-state index is -4.35. The van der Waals surface area contributed by atoms with Gasteiger partial charge in [0.05, 0.1) is 20.8 Å². The van der Waals surface area contributed by atoms with E-state index in [1.165, 1.54) is 23.0 Å². The molecule has 2 unspecified atom stereocenters. The van der Waals surface area contributed by atoms with E-state index in [9.17, 15) is 13.2 Å². The smallest absolute Gasteiger partial charge is 0.300 e. The number of thiazole rings is 1. The average molecular weight is 437 g/mol. The Morgan fingerprint density at radius 3 is 2.59 bits per heavy atom. The monoisotopic (exact) mass is 436 g/mol. The molecule has 3 aromatic rings. The molecule has 2 fully saturated rings. The molecule has 0 saturated carbocycles. The van der Waals surface area contributed by atoms with Crippen LogP contribution in [0.15, 0.2) is 42.5 Å². The highest BCUT2D eigenvalue weighted by molar-refractivity contribution is 7.18. The number of fused-ring (bicyclic) bond motifs is 3. The lowest BCUT2D eigenvalue weighted by atomic mass is 9.76. The molecule has 0 N–H and O–H groups in total. The molecule has 2 bridgehead atoms. The van der Waals surface area contributed by atoms with Crippen molar-refractivity contribution in [2.24, 2.45) is 0 Å². The van der Waals surface area contributed by atoms with Crippen LogP contribution in [0.3, 0.4) is 0 Å². The summed E-state index contributed by atoms with van der Waals surface area (Å²) in [5, 5.41) is 1.65. The van der Waals surface area contributed by atoms with Crippen molar-refractivity contribution in [2.45, 2.75) is 49.4 Å². The minimum Gasteiger partial charge on any atom is -0.300 e. The first-order valence-electron chi connectivity index (χ1n) is 9.76. The highest BCUT2D eigenvalue weighted by Gasteiger charge is 2.47. The van der Waals surface area contributed by atoms with Gasteiger partial charge in [-0.1, -0.05) is 23.7 Å². The Balaban J connectivity index is 1.59. The minimum absolute atomic E-state index is 0.173. The first-order chi connectivity index (χ1) is 13.8. The first-order valence-corrected chi connectivity index (χ1v) is 11.0. The van der Waals surface area contributed by atoms with E-state index in [4.69, 9.17) is 16.6 Å². The Kier molecular flexibility index (Phi) is 4.64. The van der Waals surface area contributed by atoms with E-state index in [0.717, 1.165) is 35.0 Å². The van der Waals surface area contributed by atoms with Crippen molar-refractivity contribution in [1.29, 1.82) is 0 Å². The summed E-state index contributed by atoms with van der Waals surface area (Å²) in [6.45, 7) is 0. The molecule has 4 atom stereocenters. The molecule has 0 radical (unpaired) electrons. The summed E-state index contributed by atoms with van der Waals surface area (Å²) in [5.74, 6) is 0.468. The summed E-state index contributed by atoms with van der Waals surface area (Å²) >= 11 is 7.62. The van der Waals surface area contributed by atoms with Gasteiger partial charge in [0.25, 0.3) is 0 Å². The van der Waals surface area contributed by atoms with Gasteiger partial charge in [-0.25, -0.2) is 4.98 Å². The molecule has 3 heterocycles. The number of likely N-dealkylation sites (N-methyl/N-ethyl adjacent to an activating group) is 1. The maximum absolute atomic E-state index is 13.1. The molecule has 0 aliphatic carbocycles. The van der Waals surface area contributed by atoms with Crippen LogP contribution in [0.1, 0.15) is 47.2 Å². The molecule has 1 aromatic heterocycles. The number of halogens is 4. The van der Waals surface area contributed by atoms with Gasteiger partial charge in [-0.05, 0) is 68.1 Å². The van der Waals surface area contributed by atoms with Crippen molar-refractivity contribution in [2.75, 3.05) is 7.05 Å². The van der Waals surface area contributed by atoms with Crippen LogP contribution >= 0.6 is 22.9 Å². The lowest BCUT2D eigenvalue weighted by Gasteiger charge is -2.42. The summed E-state index contributed by atoms with van der Waals surface area (Å²) < 4.78 is 40.2. The van der Waals surface area contributed by atoms with E-state index in [1.807, 2.05) is 12.1 Å². The predicted octanol–water partition coefficient (Wildman–Crippen LogP) is 6.70. The van der Waals surface area contributed by atoms with Crippen molar-refractivity contribution in [3.05, 3.63) is 63.6 Å². The zero-order valence-electron chi connectivity index (χ0n) is 15.8. The van der Waals surface area contributed by atoms with Crippen molar-refractivity contribution in [3.8, 4) is 0 Å². The highest BCUT2D eigenvalue weighted by atomic mass is 35.5. The summed E-state index contributed by atoms with van der Waals surface area (Å²) in [7, 11) is 2.17. The van der Waals surface area contributed by atoms with E-state index >= 15 is 0 Å². The number of rotatable bonds is 2. The summed E-state index contributed by atoms with van der Waals surface area (Å²) in [5.41, 5.74) is 1.04. The van der Waals surface area contributed by atoms with Crippen LogP contribution in [0.5, 0.6) is 0 Å². The Bertz CT molecular complexity index is 1050. The lowest BCUT2D eigenvalue weighted by molar-refractivity contribution is -0.137. The lowest BCUT2D eigenvalue weighted by Crippen LogP contribution is -2.44. The predicted molar refractivity (Wildman–Crippen MR) is 111 cm³/mol.